The third-order valence-corrected chi connectivity index (χ3v) is 10.1. The van der Waals surface area contributed by atoms with Crippen molar-refractivity contribution in [2.24, 2.45) is 0 Å². The van der Waals surface area contributed by atoms with Crippen molar-refractivity contribution in [2.75, 3.05) is 0 Å². The molecule has 0 unspecified atom stereocenters. The average molecular weight is 662 g/mol. The molecule has 52 heavy (non-hydrogen) atoms. The van der Waals surface area contributed by atoms with E-state index in [2.05, 4.69) is 182 Å². The largest absolute Gasteiger partial charge is 0.208 e. The summed E-state index contributed by atoms with van der Waals surface area (Å²) < 4.78 is 0. The van der Waals surface area contributed by atoms with E-state index in [9.17, 15) is 0 Å². The molecule has 9 aromatic carbocycles. The van der Waals surface area contributed by atoms with Gasteiger partial charge in [0.2, 0.25) is 0 Å². The first-order valence-electron chi connectivity index (χ1n) is 17.6. The number of nitrogens with zero attached hydrogens (tertiary/aromatic N) is 3. The zero-order chi connectivity index (χ0) is 34.4. The van der Waals surface area contributed by atoms with Crippen molar-refractivity contribution in [1.82, 2.24) is 15.0 Å². The van der Waals surface area contributed by atoms with E-state index in [1.807, 2.05) is 6.07 Å². The molecule has 0 aliphatic carbocycles. The average Bonchev–Trinajstić information content (AvgIpc) is 3.22. The summed E-state index contributed by atoms with van der Waals surface area (Å²) in [6, 6.07) is 66.6. The summed E-state index contributed by atoms with van der Waals surface area (Å²) >= 11 is 0. The summed E-state index contributed by atoms with van der Waals surface area (Å²) in [6.45, 7) is 0. The molecule has 0 aliphatic heterocycles. The molecular formula is C49H31N3. The van der Waals surface area contributed by atoms with E-state index < -0.39 is 0 Å². The third kappa shape index (κ3) is 5.37. The normalized spacial score (nSPS) is 11.5. The van der Waals surface area contributed by atoms with Gasteiger partial charge < -0.3 is 0 Å². The molecule has 0 bridgehead atoms. The van der Waals surface area contributed by atoms with Crippen LogP contribution in [0.1, 0.15) is 0 Å². The molecule has 0 saturated carbocycles. The second-order valence-electron chi connectivity index (χ2n) is 13.3. The lowest BCUT2D eigenvalue weighted by Gasteiger charge is -2.12. The van der Waals surface area contributed by atoms with Gasteiger partial charge in [-0.1, -0.05) is 164 Å². The smallest absolute Gasteiger partial charge is 0.164 e. The van der Waals surface area contributed by atoms with Gasteiger partial charge in [0.25, 0.3) is 0 Å². The van der Waals surface area contributed by atoms with Crippen LogP contribution in [0.15, 0.2) is 188 Å². The van der Waals surface area contributed by atoms with Gasteiger partial charge in [-0.05, 0) is 89.6 Å². The first-order valence-corrected chi connectivity index (χ1v) is 17.6. The van der Waals surface area contributed by atoms with Crippen LogP contribution >= 0.6 is 0 Å². The zero-order valence-electron chi connectivity index (χ0n) is 28.2. The first-order chi connectivity index (χ1) is 25.7. The van der Waals surface area contributed by atoms with Crippen LogP contribution in [-0.2, 0) is 0 Å². The second-order valence-corrected chi connectivity index (χ2v) is 13.3. The maximum absolute atomic E-state index is 5.20. The van der Waals surface area contributed by atoms with E-state index in [1.54, 1.807) is 0 Å². The first kappa shape index (κ1) is 29.9. The van der Waals surface area contributed by atoms with Gasteiger partial charge in [-0.3, -0.25) is 0 Å². The summed E-state index contributed by atoms with van der Waals surface area (Å²) in [5.74, 6) is 1.94. The molecule has 0 N–H and O–H groups in total. The summed E-state index contributed by atoms with van der Waals surface area (Å²) in [5.41, 5.74) is 7.63. The van der Waals surface area contributed by atoms with Crippen LogP contribution < -0.4 is 0 Å². The van der Waals surface area contributed by atoms with Crippen molar-refractivity contribution in [3.05, 3.63) is 188 Å². The zero-order valence-corrected chi connectivity index (χ0v) is 28.2. The molecule has 0 spiro atoms. The molecule has 3 heteroatoms. The molecule has 3 nitrogen and oxygen atoms in total. The fourth-order valence-electron chi connectivity index (χ4n) is 7.39. The Morgan fingerprint density at radius 3 is 1.46 bits per heavy atom. The number of hydrogen-bond acceptors (Lipinski definition) is 3. The summed E-state index contributed by atoms with van der Waals surface area (Å²) in [6.07, 6.45) is 0. The van der Waals surface area contributed by atoms with Gasteiger partial charge in [-0.15, -0.1) is 0 Å². The van der Waals surface area contributed by atoms with Crippen LogP contribution in [0.2, 0.25) is 0 Å². The van der Waals surface area contributed by atoms with E-state index in [-0.39, 0.29) is 0 Å². The summed E-state index contributed by atoms with van der Waals surface area (Å²) in [5, 5.41) is 9.36. The van der Waals surface area contributed by atoms with Crippen LogP contribution in [0.25, 0.3) is 99.5 Å². The lowest BCUT2D eigenvalue weighted by Crippen LogP contribution is -2.00. The molecule has 1 heterocycles. The Bertz CT molecular complexity index is 2960. The minimum atomic E-state index is 0.643. The van der Waals surface area contributed by atoms with Gasteiger partial charge in [0, 0.05) is 16.7 Å². The molecule has 0 fully saturated rings. The van der Waals surface area contributed by atoms with Crippen molar-refractivity contribution >= 4 is 43.1 Å². The second kappa shape index (κ2) is 12.4. The van der Waals surface area contributed by atoms with E-state index in [0.29, 0.717) is 17.5 Å². The van der Waals surface area contributed by atoms with Crippen molar-refractivity contribution in [2.45, 2.75) is 0 Å². The minimum absolute atomic E-state index is 0.643. The fourth-order valence-corrected chi connectivity index (χ4v) is 7.39. The Labute approximate surface area is 301 Å². The molecule has 0 radical (unpaired) electrons. The van der Waals surface area contributed by atoms with Gasteiger partial charge in [0.15, 0.2) is 17.5 Å². The van der Waals surface area contributed by atoms with Gasteiger partial charge in [-0.2, -0.15) is 0 Å². The molecule has 0 amide bonds. The van der Waals surface area contributed by atoms with Gasteiger partial charge >= 0.3 is 0 Å². The highest BCUT2D eigenvalue weighted by molar-refractivity contribution is 6.00. The number of rotatable bonds is 5. The number of hydrogen-bond donors (Lipinski definition) is 0. The molecule has 242 valence electrons. The highest BCUT2D eigenvalue weighted by Gasteiger charge is 2.16. The Hall–Kier alpha value is -6.97. The van der Waals surface area contributed by atoms with Crippen LogP contribution in [0.3, 0.4) is 0 Å². The van der Waals surface area contributed by atoms with Crippen LogP contribution in [0.4, 0.5) is 0 Å². The highest BCUT2D eigenvalue weighted by Crippen LogP contribution is 2.35. The summed E-state index contributed by atoms with van der Waals surface area (Å²) in [4.78, 5) is 15.5. The van der Waals surface area contributed by atoms with Crippen molar-refractivity contribution < 1.29 is 0 Å². The van der Waals surface area contributed by atoms with Crippen LogP contribution in [0.5, 0.6) is 0 Å². The van der Waals surface area contributed by atoms with Gasteiger partial charge in [-0.25, -0.2) is 15.0 Å². The monoisotopic (exact) mass is 661 g/mol. The molecule has 10 aromatic rings. The van der Waals surface area contributed by atoms with E-state index in [4.69, 9.17) is 15.0 Å². The van der Waals surface area contributed by atoms with Crippen molar-refractivity contribution in [3.8, 4) is 56.4 Å². The molecular weight excluding hydrogens is 631 g/mol. The third-order valence-electron chi connectivity index (χ3n) is 10.1. The standard InChI is InChI=1S/C49H31N3/c1-2-10-32(11-3-1)39-22-21-35-16-9-19-45(46(35)31-39)49-51-47(41-26-20-33-12-4-5-14-36(33)29-41)50-48(52-49)42-27-24-37-28-40(25-23-38(37)30-42)44-18-8-15-34-13-6-7-17-43(34)44/h1-31H. The van der Waals surface area contributed by atoms with E-state index in [0.717, 1.165) is 43.8 Å². The Balaban J connectivity index is 1.13. The van der Waals surface area contributed by atoms with Crippen molar-refractivity contribution in [3.63, 3.8) is 0 Å². The Morgan fingerprint density at radius 2 is 0.712 bits per heavy atom. The van der Waals surface area contributed by atoms with E-state index in [1.165, 1.54) is 38.2 Å². The fraction of sp³-hybridized carbons (Fsp3) is 0. The van der Waals surface area contributed by atoms with Crippen molar-refractivity contribution in [1.29, 1.82) is 0 Å². The lowest BCUT2D eigenvalue weighted by molar-refractivity contribution is 1.08. The molecule has 0 saturated heterocycles. The predicted octanol–water partition coefficient (Wildman–Crippen LogP) is 12.8. The molecule has 1 aromatic heterocycles. The highest BCUT2D eigenvalue weighted by atomic mass is 15.0. The molecule has 10 rings (SSSR count). The van der Waals surface area contributed by atoms with E-state index >= 15 is 0 Å². The summed E-state index contributed by atoms with van der Waals surface area (Å²) in [7, 11) is 0. The lowest BCUT2D eigenvalue weighted by atomic mass is 9.95. The van der Waals surface area contributed by atoms with Gasteiger partial charge in [0.05, 0.1) is 0 Å². The minimum Gasteiger partial charge on any atom is -0.208 e. The SMILES string of the molecule is c1ccc(-c2ccc3cccc(-c4nc(-c5ccc6ccccc6c5)nc(-c5ccc6cc(-c7cccc8ccccc78)ccc6c5)n4)c3c2)cc1. The Kier molecular flexibility index (Phi) is 7.14. The molecule has 0 aliphatic rings. The maximum Gasteiger partial charge on any atom is 0.164 e. The Morgan fingerprint density at radius 1 is 0.231 bits per heavy atom. The maximum atomic E-state index is 5.20. The van der Waals surface area contributed by atoms with Crippen LogP contribution in [-0.4, -0.2) is 15.0 Å². The number of aromatic nitrogens is 3. The number of benzene rings is 9. The quantitative estimate of drug-likeness (QED) is 0.184. The van der Waals surface area contributed by atoms with Gasteiger partial charge in [0.1, 0.15) is 0 Å². The predicted molar refractivity (Wildman–Crippen MR) is 217 cm³/mol. The number of fused-ring (bicyclic) bond motifs is 4. The molecule has 0 atom stereocenters. The topological polar surface area (TPSA) is 38.7 Å². The van der Waals surface area contributed by atoms with Crippen LogP contribution in [0, 0.1) is 0 Å².